The quantitative estimate of drug-likeness (QED) is 0.487. The van der Waals surface area contributed by atoms with Crippen LogP contribution in [0.2, 0.25) is 9.36 Å². The molecule has 0 aliphatic rings. The number of anilines is 2. The van der Waals surface area contributed by atoms with E-state index in [9.17, 15) is 18.0 Å². The second kappa shape index (κ2) is 9.43. The Morgan fingerprint density at radius 1 is 1.03 bits per heavy atom. The van der Waals surface area contributed by atoms with Crippen LogP contribution in [0.5, 0.6) is 0 Å². The van der Waals surface area contributed by atoms with Gasteiger partial charge in [0.1, 0.15) is 10.0 Å². The number of sulfonamides is 1. The topological polar surface area (TPSA) is 114 Å². The lowest BCUT2D eigenvalue weighted by Crippen LogP contribution is -2.21. The number of rotatable bonds is 7. The smallest absolute Gasteiger partial charge is 0.338 e. The van der Waals surface area contributed by atoms with E-state index in [1.54, 1.807) is 6.07 Å². The van der Waals surface area contributed by atoms with Crippen molar-refractivity contribution in [2.24, 2.45) is 0 Å². The number of pyridine rings is 1. The summed E-state index contributed by atoms with van der Waals surface area (Å²) in [6.07, 6.45) is 1.37. The summed E-state index contributed by atoms with van der Waals surface area (Å²) in [5.41, 5.74) is 0.400. The predicted octanol–water partition coefficient (Wildman–Crippen LogP) is 4.05. The zero-order valence-corrected chi connectivity index (χ0v) is 18.1. The molecule has 2 heterocycles. The molecule has 0 atom stereocenters. The molecule has 0 bridgehead atoms. The first-order valence-corrected chi connectivity index (χ1v) is 11.3. The van der Waals surface area contributed by atoms with Crippen molar-refractivity contribution in [1.29, 1.82) is 0 Å². The zero-order chi connectivity index (χ0) is 21.7. The first kappa shape index (κ1) is 22.0. The van der Waals surface area contributed by atoms with Crippen molar-refractivity contribution >= 4 is 67.9 Å². The minimum Gasteiger partial charge on any atom is -0.452 e. The van der Waals surface area contributed by atoms with Gasteiger partial charge in [0, 0.05) is 11.9 Å². The van der Waals surface area contributed by atoms with Gasteiger partial charge in [0.05, 0.1) is 14.9 Å². The van der Waals surface area contributed by atoms with Crippen molar-refractivity contribution in [2.45, 2.75) is 4.21 Å². The molecule has 2 aromatic heterocycles. The molecule has 1 amide bonds. The number of thiophene rings is 1. The van der Waals surface area contributed by atoms with Gasteiger partial charge in [-0.05, 0) is 48.5 Å². The number of halogens is 2. The Balaban J connectivity index is 1.54. The number of amides is 1. The minimum atomic E-state index is -3.78. The highest BCUT2D eigenvalue weighted by Gasteiger charge is 2.17. The lowest BCUT2D eigenvalue weighted by atomic mass is 10.2. The number of nitrogens with zero attached hydrogens (tertiary/aromatic N) is 1. The highest BCUT2D eigenvalue weighted by molar-refractivity contribution is 7.94. The third-order valence-corrected chi connectivity index (χ3v) is 6.84. The number of benzene rings is 1. The Morgan fingerprint density at radius 3 is 2.37 bits per heavy atom. The monoisotopic (exact) mass is 485 g/mol. The second-order valence-corrected chi connectivity index (χ2v) is 9.79. The van der Waals surface area contributed by atoms with Gasteiger partial charge in [-0.25, -0.2) is 18.2 Å². The van der Waals surface area contributed by atoms with Crippen molar-refractivity contribution in [1.82, 2.24) is 4.98 Å². The summed E-state index contributed by atoms with van der Waals surface area (Å²) >= 11 is 12.4. The van der Waals surface area contributed by atoms with Crippen LogP contribution in [0.3, 0.4) is 0 Å². The fraction of sp³-hybridized carbons (Fsp3) is 0.0556. The van der Waals surface area contributed by atoms with Crippen LogP contribution < -0.4 is 10.0 Å². The molecule has 1 aromatic carbocycles. The molecule has 0 fully saturated rings. The van der Waals surface area contributed by atoms with Crippen molar-refractivity contribution in [3.63, 3.8) is 0 Å². The maximum Gasteiger partial charge on any atom is 0.338 e. The van der Waals surface area contributed by atoms with Gasteiger partial charge in [-0.2, -0.15) is 0 Å². The van der Waals surface area contributed by atoms with Crippen molar-refractivity contribution in [3.8, 4) is 0 Å². The van der Waals surface area contributed by atoms with E-state index >= 15 is 0 Å². The number of carbonyl (C=O) groups is 2. The predicted molar refractivity (Wildman–Crippen MR) is 115 cm³/mol. The van der Waals surface area contributed by atoms with Crippen molar-refractivity contribution in [3.05, 3.63) is 69.7 Å². The highest BCUT2D eigenvalue weighted by atomic mass is 35.5. The summed E-state index contributed by atoms with van der Waals surface area (Å²) in [4.78, 5) is 27.8. The molecule has 0 saturated carbocycles. The number of aromatic nitrogens is 1. The Morgan fingerprint density at radius 2 is 1.77 bits per heavy atom. The Bertz CT molecular complexity index is 1160. The summed E-state index contributed by atoms with van der Waals surface area (Å²) in [6, 6.07) is 11.5. The summed E-state index contributed by atoms with van der Waals surface area (Å²) in [5, 5.41) is 2.88. The molecule has 8 nitrogen and oxygen atoms in total. The van der Waals surface area contributed by atoms with Gasteiger partial charge in [-0.1, -0.05) is 23.2 Å². The molecule has 12 heteroatoms. The van der Waals surface area contributed by atoms with Crippen molar-refractivity contribution in [2.75, 3.05) is 16.6 Å². The van der Waals surface area contributed by atoms with Crippen LogP contribution in [0.25, 0.3) is 0 Å². The van der Waals surface area contributed by atoms with Gasteiger partial charge in [0.15, 0.2) is 6.61 Å². The summed E-state index contributed by atoms with van der Waals surface area (Å²) in [6.45, 7) is -0.517. The van der Waals surface area contributed by atoms with Crippen LogP contribution in [-0.2, 0) is 19.6 Å². The maximum atomic E-state index is 12.3. The fourth-order valence-electron chi connectivity index (χ4n) is 2.17. The van der Waals surface area contributed by atoms with Crippen LogP contribution >= 0.6 is 34.5 Å². The third-order valence-electron chi connectivity index (χ3n) is 3.52. The summed E-state index contributed by atoms with van der Waals surface area (Å²) < 4.78 is 32.3. The number of esters is 1. The van der Waals surface area contributed by atoms with E-state index < -0.39 is 28.5 Å². The largest absolute Gasteiger partial charge is 0.452 e. The standard InChI is InChI=1S/C18H13Cl2N3O5S2/c19-12-3-7-15(21-9-12)22-16(24)10-28-18(25)11-1-4-13(5-2-11)23-30(26,27)17-8-6-14(20)29-17/h1-9,23H,10H2,(H,21,22,24). The van der Waals surface area contributed by atoms with Gasteiger partial charge in [0.25, 0.3) is 15.9 Å². The first-order valence-electron chi connectivity index (χ1n) is 8.20. The number of hydrogen-bond donors (Lipinski definition) is 2. The van der Waals surface area contributed by atoms with Gasteiger partial charge in [0.2, 0.25) is 0 Å². The molecule has 0 unspecified atom stereocenters. The average Bonchev–Trinajstić information content (AvgIpc) is 3.16. The van der Waals surface area contributed by atoms with Crippen LogP contribution in [0.1, 0.15) is 10.4 Å². The lowest BCUT2D eigenvalue weighted by Gasteiger charge is -2.08. The first-order chi connectivity index (χ1) is 14.2. The number of carbonyl (C=O) groups excluding carboxylic acids is 2. The van der Waals surface area contributed by atoms with Crippen LogP contribution in [-0.4, -0.2) is 31.9 Å². The third kappa shape index (κ3) is 5.92. The Labute approximate surface area is 185 Å². The molecule has 3 aromatic rings. The SMILES string of the molecule is O=C(COC(=O)c1ccc(NS(=O)(=O)c2ccc(Cl)s2)cc1)Nc1ccc(Cl)cn1. The number of ether oxygens (including phenoxy) is 1. The van der Waals surface area contributed by atoms with E-state index in [-0.39, 0.29) is 21.3 Å². The number of nitrogens with one attached hydrogen (secondary N) is 2. The normalized spacial score (nSPS) is 11.0. The summed E-state index contributed by atoms with van der Waals surface area (Å²) in [7, 11) is -3.78. The molecule has 0 aliphatic carbocycles. The van der Waals surface area contributed by atoms with Gasteiger partial charge in [-0.3, -0.25) is 9.52 Å². The van der Waals surface area contributed by atoms with Gasteiger partial charge in [-0.15, -0.1) is 11.3 Å². The number of hydrogen-bond acceptors (Lipinski definition) is 7. The van der Waals surface area contributed by atoms with Crippen LogP contribution in [0.15, 0.2) is 58.9 Å². The Kier molecular flexibility index (Phi) is 6.93. The van der Waals surface area contributed by atoms with E-state index in [4.69, 9.17) is 27.9 Å². The second-order valence-electron chi connectivity index (χ2n) is 5.73. The van der Waals surface area contributed by atoms with Crippen LogP contribution in [0, 0.1) is 0 Å². The molecule has 0 saturated heterocycles. The van der Waals surface area contributed by atoms with Crippen molar-refractivity contribution < 1.29 is 22.7 Å². The zero-order valence-electron chi connectivity index (χ0n) is 15.0. The Hall–Kier alpha value is -2.66. The van der Waals surface area contributed by atoms with Gasteiger partial charge >= 0.3 is 5.97 Å². The maximum absolute atomic E-state index is 12.3. The fourth-order valence-corrected chi connectivity index (χ4v) is 4.82. The van der Waals surface area contributed by atoms with Crippen LogP contribution in [0.4, 0.5) is 11.5 Å². The molecule has 0 spiro atoms. The van der Waals surface area contributed by atoms with E-state index in [0.29, 0.717) is 9.36 Å². The highest BCUT2D eigenvalue weighted by Crippen LogP contribution is 2.27. The molecule has 0 radical (unpaired) electrons. The van der Waals surface area contributed by atoms with Gasteiger partial charge < -0.3 is 10.1 Å². The minimum absolute atomic E-state index is 0.0668. The average molecular weight is 486 g/mol. The van der Waals surface area contributed by atoms with E-state index in [1.807, 2.05) is 0 Å². The molecular weight excluding hydrogens is 473 g/mol. The molecule has 2 N–H and O–H groups in total. The molecule has 156 valence electrons. The molecule has 0 aliphatic heterocycles. The molecular formula is C18H13Cl2N3O5S2. The molecule has 30 heavy (non-hydrogen) atoms. The summed E-state index contributed by atoms with van der Waals surface area (Å²) in [5.74, 6) is -1.05. The molecule has 3 rings (SSSR count). The lowest BCUT2D eigenvalue weighted by molar-refractivity contribution is -0.119. The van der Waals surface area contributed by atoms with E-state index in [0.717, 1.165) is 11.3 Å². The van der Waals surface area contributed by atoms with E-state index in [2.05, 4.69) is 15.0 Å². The van der Waals surface area contributed by atoms with E-state index in [1.165, 1.54) is 48.7 Å².